The van der Waals surface area contributed by atoms with Crippen molar-refractivity contribution in [1.29, 1.82) is 0 Å². The largest absolute Gasteiger partial charge is 0.496 e. The standard InChI is InChI=1S/C12H18N2O5S/c1-3-10(13)8-20(17,18)7-9-6-11(14(15)16)4-5-12(9)19-2/h4-6,10H,3,7-8,13H2,1-2H3. The average Bonchev–Trinajstić information content (AvgIpc) is 2.37. The summed E-state index contributed by atoms with van der Waals surface area (Å²) in [5.41, 5.74) is 5.74. The lowest BCUT2D eigenvalue weighted by Gasteiger charge is -2.12. The van der Waals surface area contributed by atoms with E-state index in [1.165, 1.54) is 25.3 Å². The maximum absolute atomic E-state index is 12.0. The van der Waals surface area contributed by atoms with E-state index in [1.807, 2.05) is 0 Å². The van der Waals surface area contributed by atoms with Crippen molar-refractivity contribution < 1.29 is 18.1 Å². The molecule has 0 aromatic heterocycles. The van der Waals surface area contributed by atoms with E-state index >= 15 is 0 Å². The van der Waals surface area contributed by atoms with Crippen LogP contribution in [0.5, 0.6) is 5.75 Å². The van der Waals surface area contributed by atoms with Gasteiger partial charge in [0.2, 0.25) is 0 Å². The molecule has 0 bridgehead atoms. The van der Waals surface area contributed by atoms with E-state index in [-0.39, 0.29) is 22.8 Å². The maximum Gasteiger partial charge on any atom is 0.270 e. The fourth-order valence-corrected chi connectivity index (χ4v) is 3.44. The molecule has 0 saturated heterocycles. The Labute approximate surface area is 117 Å². The first-order valence-corrected chi connectivity index (χ1v) is 7.88. The molecule has 1 atom stereocenters. The van der Waals surface area contributed by atoms with E-state index in [1.54, 1.807) is 6.92 Å². The summed E-state index contributed by atoms with van der Waals surface area (Å²) < 4.78 is 29.1. The SMILES string of the molecule is CCC(N)CS(=O)(=O)Cc1cc([N+](=O)[O-])ccc1OC. The molecule has 0 aliphatic carbocycles. The molecule has 2 N–H and O–H groups in total. The molecule has 8 heteroatoms. The maximum atomic E-state index is 12.0. The van der Waals surface area contributed by atoms with Gasteiger partial charge in [-0.05, 0) is 12.5 Å². The molecular weight excluding hydrogens is 284 g/mol. The second-order valence-corrected chi connectivity index (χ2v) is 6.59. The molecule has 7 nitrogen and oxygen atoms in total. The van der Waals surface area contributed by atoms with Gasteiger partial charge in [0.15, 0.2) is 9.84 Å². The third-order valence-corrected chi connectivity index (χ3v) is 4.53. The highest BCUT2D eigenvalue weighted by Gasteiger charge is 2.20. The summed E-state index contributed by atoms with van der Waals surface area (Å²) in [6.45, 7) is 1.80. The predicted molar refractivity (Wildman–Crippen MR) is 75.4 cm³/mol. The number of hydrogen-bond acceptors (Lipinski definition) is 6. The van der Waals surface area contributed by atoms with E-state index in [0.717, 1.165) is 0 Å². The lowest BCUT2D eigenvalue weighted by molar-refractivity contribution is -0.384. The van der Waals surface area contributed by atoms with Crippen LogP contribution in [0.3, 0.4) is 0 Å². The highest BCUT2D eigenvalue weighted by Crippen LogP contribution is 2.26. The number of nitrogens with two attached hydrogens (primary N) is 1. The average molecular weight is 302 g/mol. The fourth-order valence-electron chi connectivity index (χ4n) is 1.73. The summed E-state index contributed by atoms with van der Waals surface area (Å²) in [6.07, 6.45) is 0.547. The number of nitro groups is 1. The fraction of sp³-hybridized carbons (Fsp3) is 0.500. The molecule has 20 heavy (non-hydrogen) atoms. The van der Waals surface area contributed by atoms with Crippen molar-refractivity contribution in [3.8, 4) is 5.75 Å². The van der Waals surface area contributed by atoms with E-state index in [2.05, 4.69) is 0 Å². The van der Waals surface area contributed by atoms with Crippen LogP contribution in [0.1, 0.15) is 18.9 Å². The van der Waals surface area contributed by atoms with Crippen LogP contribution in [0.25, 0.3) is 0 Å². The second kappa shape index (κ2) is 6.67. The molecule has 0 aliphatic rings. The van der Waals surface area contributed by atoms with E-state index < -0.39 is 20.8 Å². The molecule has 0 fully saturated rings. The van der Waals surface area contributed by atoms with Gasteiger partial charge in [-0.15, -0.1) is 0 Å². The Morgan fingerprint density at radius 3 is 2.60 bits per heavy atom. The number of benzene rings is 1. The van der Waals surface area contributed by atoms with Crippen LogP contribution >= 0.6 is 0 Å². The number of nitrogens with zero attached hydrogens (tertiary/aromatic N) is 1. The highest BCUT2D eigenvalue weighted by molar-refractivity contribution is 7.90. The molecule has 1 rings (SSSR count). The minimum absolute atomic E-state index is 0.157. The van der Waals surface area contributed by atoms with Gasteiger partial charge >= 0.3 is 0 Å². The highest BCUT2D eigenvalue weighted by atomic mass is 32.2. The Bertz CT molecular complexity index is 586. The molecule has 0 saturated carbocycles. The number of sulfone groups is 1. The molecule has 1 aromatic carbocycles. The van der Waals surface area contributed by atoms with E-state index in [9.17, 15) is 18.5 Å². The molecule has 1 aromatic rings. The van der Waals surface area contributed by atoms with E-state index in [0.29, 0.717) is 12.2 Å². The van der Waals surface area contributed by atoms with Crippen molar-refractivity contribution in [2.75, 3.05) is 12.9 Å². The van der Waals surface area contributed by atoms with Gasteiger partial charge in [0.1, 0.15) is 5.75 Å². The monoisotopic (exact) mass is 302 g/mol. The molecule has 112 valence electrons. The van der Waals surface area contributed by atoms with Gasteiger partial charge in [-0.1, -0.05) is 6.92 Å². The van der Waals surface area contributed by atoms with Gasteiger partial charge in [0, 0.05) is 23.7 Å². The Hall–Kier alpha value is -1.67. The van der Waals surface area contributed by atoms with Gasteiger partial charge in [-0.2, -0.15) is 0 Å². The van der Waals surface area contributed by atoms with Crippen LogP contribution in [-0.2, 0) is 15.6 Å². The Morgan fingerprint density at radius 2 is 2.10 bits per heavy atom. The quantitative estimate of drug-likeness (QED) is 0.599. The summed E-state index contributed by atoms with van der Waals surface area (Å²) in [5, 5.41) is 10.7. The van der Waals surface area contributed by atoms with Gasteiger partial charge < -0.3 is 10.5 Å². The van der Waals surface area contributed by atoms with Crippen LogP contribution < -0.4 is 10.5 Å². The lowest BCUT2D eigenvalue weighted by atomic mass is 10.2. The van der Waals surface area contributed by atoms with Gasteiger partial charge in [0.05, 0.1) is 23.5 Å². The van der Waals surface area contributed by atoms with Crippen LogP contribution in [0.4, 0.5) is 5.69 Å². The van der Waals surface area contributed by atoms with Gasteiger partial charge in [-0.25, -0.2) is 8.42 Å². The topological polar surface area (TPSA) is 113 Å². The van der Waals surface area contributed by atoms with Crippen LogP contribution in [-0.4, -0.2) is 32.2 Å². The van der Waals surface area contributed by atoms with E-state index in [4.69, 9.17) is 10.5 Å². The minimum atomic E-state index is -3.45. The molecule has 0 heterocycles. The zero-order valence-electron chi connectivity index (χ0n) is 11.4. The molecule has 0 spiro atoms. The Kier molecular flexibility index (Phi) is 5.46. The molecular formula is C12H18N2O5S. The van der Waals surface area contributed by atoms with Crippen molar-refractivity contribution >= 4 is 15.5 Å². The van der Waals surface area contributed by atoms with Crippen LogP contribution in [0, 0.1) is 10.1 Å². The van der Waals surface area contributed by atoms with Crippen LogP contribution in [0.15, 0.2) is 18.2 Å². The predicted octanol–water partition coefficient (Wildman–Crippen LogP) is 1.26. The minimum Gasteiger partial charge on any atom is -0.496 e. The number of ether oxygens (including phenoxy) is 1. The summed E-state index contributed by atoms with van der Waals surface area (Å²) in [7, 11) is -2.06. The van der Waals surface area contributed by atoms with Gasteiger partial charge in [0.25, 0.3) is 5.69 Å². The number of rotatable bonds is 7. The first kappa shape index (κ1) is 16.4. The second-order valence-electron chi connectivity index (χ2n) is 4.48. The third-order valence-electron chi connectivity index (χ3n) is 2.84. The number of non-ortho nitro benzene ring substituents is 1. The summed E-state index contributed by atoms with van der Waals surface area (Å²) in [5.74, 6) is -0.176. The zero-order valence-corrected chi connectivity index (χ0v) is 12.2. The number of nitro benzene ring substituents is 1. The van der Waals surface area contributed by atoms with Gasteiger partial charge in [-0.3, -0.25) is 10.1 Å². The Morgan fingerprint density at radius 1 is 1.45 bits per heavy atom. The normalized spacial score (nSPS) is 12.9. The third kappa shape index (κ3) is 4.46. The van der Waals surface area contributed by atoms with Crippen molar-refractivity contribution in [1.82, 2.24) is 0 Å². The molecule has 0 aliphatic heterocycles. The molecule has 0 amide bonds. The first-order valence-electron chi connectivity index (χ1n) is 6.06. The smallest absolute Gasteiger partial charge is 0.270 e. The summed E-state index contributed by atoms with van der Waals surface area (Å²) >= 11 is 0. The number of methoxy groups -OCH3 is 1. The molecule has 1 unspecified atom stereocenters. The van der Waals surface area contributed by atoms with Crippen molar-refractivity contribution in [3.05, 3.63) is 33.9 Å². The summed E-state index contributed by atoms with van der Waals surface area (Å²) in [4.78, 5) is 10.2. The first-order chi connectivity index (χ1) is 9.29. The number of hydrogen-bond donors (Lipinski definition) is 1. The Balaban J connectivity index is 3.06. The van der Waals surface area contributed by atoms with Crippen LogP contribution in [0.2, 0.25) is 0 Å². The zero-order chi connectivity index (χ0) is 15.3. The molecule has 0 radical (unpaired) electrons. The van der Waals surface area contributed by atoms with Crippen molar-refractivity contribution in [3.63, 3.8) is 0 Å². The van der Waals surface area contributed by atoms with Crippen molar-refractivity contribution in [2.24, 2.45) is 5.73 Å². The summed E-state index contributed by atoms with van der Waals surface area (Å²) in [6, 6.07) is 3.44. The van der Waals surface area contributed by atoms with Crippen molar-refractivity contribution in [2.45, 2.75) is 25.1 Å². The lowest BCUT2D eigenvalue weighted by Crippen LogP contribution is -2.29.